The fourth-order valence-corrected chi connectivity index (χ4v) is 4.04. The molecule has 0 nitrogen and oxygen atoms in total. The van der Waals surface area contributed by atoms with Crippen LogP contribution in [0.3, 0.4) is 0 Å². The van der Waals surface area contributed by atoms with Crippen molar-refractivity contribution in [2.75, 3.05) is 0 Å². The van der Waals surface area contributed by atoms with Crippen LogP contribution in [-0.2, 0) is 30.7 Å². The molecule has 1 aliphatic carbocycles. The zero-order valence-electron chi connectivity index (χ0n) is 20.5. The molecule has 0 heterocycles. The van der Waals surface area contributed by atoms with Crippen molar-refractivity contribution >= 4 is 3.21 Å². The van der Waals surface area contributed by atoms with Crippen LogP contribution in [-0.4, -0.2) is 3.21 Å². The normalized spacial score (nSPS) is 10.1. The monoisotopic (exact) mass is 584 g/mol. The van der Waals surface area contributed by atoms with Gasteiger partial charge >= 0.3 is 41.3 Å². The van der Waals surface area contributed by atoms with Crippen molar-refractivity contribution in [2.24, 2.45) is 0 Å². The molecule has 36 heavy (non-hydrogen) atoms. The first-order valence-corrected chi connectivity index (χ1v) is 12.8. The second kappa shape index (κ2) is 15.0. The molecule has 6 rings (SSSR count). The minimum atomic E-state index is 0. The Morgan fingerprint density at radius 1 is 0.667 bits per heavy atom. The molecule has 0 bridgehead atoms. The molecule has 1 aliphatic rings. The SMILES string of the molecule is C[C](C)=[Zr+2].[Cl-].[Cl-].[c-]1c(-c2ccccc2)ccc2c1Cc1cc(-c3ccccc3)ccc1-2.c1cc[cH-]c1. The van der Waals surface area contributed by atoms with Crippen molar-refractivity contribution in [3.63, 3.8) is 0 Å². The fraction of sp³-hybridized carbons (Fsp3) is 0.0909. The Bertz CT molecular complexity index is 1230. The predicted octanol–water partition coefficient (Wildman–Crippen LogP) is 2.55. The van der Waals surface area contributed by atoms with Crippen molar-refractivity contribution < 1.29 is 49.0 Å². The summed E-state index contributed by atoms with van der Waals surface area (Å²) < 4.78 is 1.51. The smallest absolute Gasteiger partial charge is 0.0181 e. The van der Waals surface area contributed by atoms with E-state index in [0.29, 0.717) is 0 Å². The third-order valence-electron chi connectivity index (χ3n) is 5.54. The van der Waals surface area contributed by atoms with Gasteiger partial charge in [-0.2, -0.15) is 18.2 Å². The van der Waals surface area contributed by atoms with Crippen LogP contribution in [0.15, 0.2) is 121 Å². The molecule has 0 aromatic heterocycles. The van der Waals surface area contributed by atoms with Crippen LogP contribution in [0.4, 0.5) is 0 Å². The van der Waals surface area contributed by atoms with Crippen LogP contribution in [0.2, 0.25) is 0 Å². The van der Waals surface area contributed by atoms with Crippen LogP contribution in [0.1, 0.15) is 25.0 Å². The van der Waals surface area contributed by atoms with Crippen molar-refractivity contribution in [2.45, 2.75) is 20.3 Å². The van der Waals surface area contributed by atoms with Crippen molar-refractivity contribution in [3.05, 3.63) is 139 Å². The van der Waals surface area contributed by atoms with E-state index in [0.717, 1.165) is 6.42 Å². The van der Waals surface area contributed by atoms with E-state index in [1.54, 1.807) is 24.2 Å². The van der Waals surface area contributed by atoms with Crippen LogP contribution < -0.4 is 24.8 Å². The van der Waals surface area contributed by atoms with Crippen LogP contribution in [0.25, 0.3) is 33.4 Å². The zero-order chi connectivity index (χ0) is 23.8. The number of benzene rings is 4. The van der Waals surface area contributed by atoms with E-state index in [9.17, 15) is 0 Å². The second-order valence-corrected chi connectivity index (χ2v) is 11.0. The number of halogens is 2. The Balaban J connectivity index is 0.000000357. The predicted molar refractivity (Wildman–Crippen MR) is 143 cm³/mol. The molecule has 0 unspecified atom stereocenters. The first-order valence-electron chi connectivity index (χ1n) is 11.6. The molecular formula is C33H28Cl2Zr-2. The van der Waals surface area contributed by atoms with Gasteiger partial charge in [-0.05, 0) is 23.1 Å². The molecule has 0 saturated carbocycles. The maximum atomic E-state index is 3.65. The molecule has 180 valence electrons. The van der Waals surface area contributed by atoms with Gasteiger partial charge in [0.1, 0.15) is 0 Å². The maximum absolute atomic E-state index is 3.65. The zero-order valence-corrected chi connectivity index (χ0v) is 24.5. The molecule has 5 aromatic rings. The van der Waals surface area contributed by atoms with Gasteiger partial charge < -0.3 is 24.8 Å². The quantitative estimate of drug-likeness (QED) is 0.274. The van der Waals surface area contributed by atoms with Gasteiger partial charge in [0.05, 0.1) is 0 Å². The van der Waals surface area contributed by atoms with E-state index in [1.807, 2.05) is 30.3 Å². The van der Waals surface area contributed by atoms with Crippen LogP contribution in [0.5, 0.6) is 0 Å². The number of fused-ring (bicyclic) bond motifs is 3. The van der Waals surface area contributed by atoms with E-state index in [2.05, 4.69) is 111 Å². The molecule has 0 spiro atoms. The van der Waals surface area contributed by atoms with Gasteiger partial charge in [-0.3, -0.25) is 0 Å². The van der Waals surface area contributed by atoms with Crippen LogP contribution in [0, 0.1) is 6.07 Å². The third-order valence-corrected chi connectivity index (χ3v) is 5.54. The number of rotatable bonds is 2. The Morgan fingerprint density at radius 3 is 1.78 bits per heavy atom. The Labute approximate surface area is 242 Å². The van der Waals surface area contributed by atoms with Crippen LogP contribution >= 0.6 is 0 Å². The Morgan fingerprint density at radius 2 is 1.22 bits per heavy atom. The molecule has 3 heteroatoms. The summed E-state index contributed by atoms with van der Waals surface area (Å²) in [5.41, 5.74) is 10.4. The molecule has 0 amide bonds. The first-order chi connectivity index (χ1) is 16.6. The topological polar surface area (TPSA) is 0 Å². The molecule has 0 atom stereocenters. The summed E-state index contributed by atoms with van der Waals surface area (Å²) in [5.74, 6) is 0. The van der Waals surface area contributed by atoms with Gasteiger partial charge in [0.25, 0.3) is 0 Å². The average Bonchev–Trinajstić information content (AvgIpc) is 3.56. The van der Waals surface area contributed by atoms with Gasteiger partial charge in [0.2, 0.25) is 0 Å². The van der Waals surface area contributed by atoms with E-state index in [1.165, 1.54) is 47.7 Å². The summed E-state index contributed by atoms with van der Waals surface area (Å²) in [5, 5.41) is 0. The van der Waals surface area contributed by atoms with Gasteiger partial charge in [0, 0.05) is 0 Å². The molecule has 0 radical (unpaired) electrons. The van der Waals surface area contributed by atoms with Gasteiger partial charge in [-0.15, -0.1) is 29.3 Å². The van der Waals surface area contributed by atoms with Gasteiger partial charge in [0.15, 0.2) is 0 Å². The first kappa shape index (κ1) is 29.8. The molecule has 5 aromatic carbocycles. The summed E-state index contributed by atoms with van der Waals surface area (Å²) in [6.07, 6.45) is 0.964. The Kier molecular flexibility index (Phi) is 12.4. The molecular weight excluding hydrogens is 558 g/mol. The minimum Gasteiger partial charge on any atom is -1.00 e. The van der Waals surface area contributed by atoms with Crippen molar-refractivity contribution in [1.29, 1.82) is 0 Å². The van der Waals surface area contributed by atoms with E-state index >= 15 is 0 Å². The van der Waals surface area contributed by atoms with Crippen molar-refractivity contribution in [1.82, 2.24) is 0 Å². The van der Waals surface area contributed by atoms with Crippen molar-refractivity contribution in [3.8, 4) is 33.4 Å². The number of hydrogen-bond donors (Lipinski definition) is 0. The summed E-state index contributed by atoms with van der Waals surface area (Å²) >= 11 is 1.55. The molecule has 0 saturated heterocycles. The summed E-state index contributed by atoms with van der Waals surface area (Å²) in [6.45, 7) is 4.25. The maximum Gasteiger partial charge on any atom is -0.0181 e. The summed E-state index contributed by atoms with van der Waals surface area (Å²) in [7, 11) is 0. The fourth-order valence-electron chi connectivity index (χ4n) is 4.04. The molecule has 0 aliphatic heterocycles. The van der Waals surface area contributed by atoms with Gasteiger partial charge in [-0.1, -0.05) is 95.6 Å². The summed E-state index contributed by atoms with van der Waals surface area (Å²) in [6, 6.07) is 46.0. The standard InChI is InChI=1S/C25H17.C5H5.C3H6.2ClH.Zr/c1-3-7-18(8-4-1)20-11-13-24-22(15-20)17-23-16-21(12-14-25(23)24)19-9-5-2-6-10-19;1-2-4-5-3-1;1-3-2;;;/h1-15H,17H2;1-5H;1-2H3;2*1H;/q2*-1;;;;+2/p-2. The number of hydrogen-bond acceptors (Lipinski definition) is 0. The molecule has 0 N–H and O–H groups in total. The van der Waals surface area contributed by atoms with E-state index in [4.69, 9.17) is 0 Å². The Hall–Kier alpha value is -2.44. The van der Waals surface area contributed by atoms with Gasteiger partial charge in [-0.25, -0.2) is 12.1 Å². The van der Waals surface area contributed by atoms with E-state index in [-0.39, 0.29) is 24.8 Å². The average molecular weight is 587 g/mol. The molecule has 0 fully saturated rings. The van der Waals surface area contributed by atoms with E-state index < -0.39 is 0 Å². The minimum absolute atomic E-state index is 0. The third kappa shape index (κ3) is 8.04. The summed E-state index contributed by atoms with van der Waals surface area (Å²) in [4.78, 5) is 0. The second-order valence-electron chi connectivity index (χ2n) is 8.51. The largest absolute Gasteiger partial charge is 1.00 e.